The highest BCUT2D eigenvalue weighted by Gasteiger charge is 2.31. The summed E-state index contributed by atoms with van der Waals surface area (Å²) in [5, 5.41) is 6.31. The van der Waals surface area contributed by atoms with Gasteiger partial charge in [0.1, 0.15) is 4.90 Å². The average Bonchev–Trinajstić information content (AvgIpc) is 3.22. The number of piperidine rings is 2. The van der Waals surface area contributed by atoms with Gasteiger partial charge < -0.3 is 9.80 Å². The van der Waals surface area contributed by atoms with E-state index in [1.807, 2.05) is 11.9 Å². The van der Waals surface area contributed by atoms with Crippen molar-refractivity contribution < 1.29 is 13.2 Å². The van der Waals surface area contributed by atoms with Crippen LogP contribution in [0, 0.1) is 5.92 Å². The molecule has 152 valence electrons. The van der Waals surface area contributed by atoms with E-state index in [2.05, 4.69) is 22.1 Å². The van der Waals surface area contributed by atoms with Gasteiger partial charge in [0, 0.05) is 38.8 Å². The molecule has 27 heavy (non-hydrogen) atoms. The van der Waals surface area contributed by atoms with E-state index in [0.717, 1.165) is 45.2 Å². The number of amides is 1. The van der Waals surface area contributed by atoms with Crippen LogP contribution in [0.3, 0.4) is 0 Å². The quantitative estimate of drug-likeness (QED) is 0.778. The highest BCUT2D eigenvalue weighted by molar-refractivity contribution is 7.89. The maximum Gasteiger partial charge on any atom is 0.246 e. The van der Waals surface area contributed by atoms with Crippen molar-refractivity contribution in [2.45, 2.75) is 49.5 Å². The standard InChI is InChI=1S/C18H31N5O3S/c1-21-10-7-16(8-11-21)22(2)18(24)6-5-15-4-3-9-23(14-15)27(25,26)17-12-19-20-13-17/h12-13,15-16H,3-11,14H2,1-2H3,(H,19,20)/t15-/m0/s1. The van der Waals surface area contributed by atoms with Gasteiger partial charge in [-0.25, -0.2) is 8.42 Å². The van der Waals surface area contributed by atoms with Gasteiger partial charge in [0.25, 0.3) is 0 Å². The van der Waals surface area contributed by atoms with Gasteiger partial charge >= 0.3 is 0 Å². The van der Waals surface area contributed by atoms with Crippen LogP contribution in [0.4, 0.5) is 0 Å². The molecule has 2 aliphatic rings. The van der Waals surface area contributed by atoms with E-state index in [-0.39, 0.29) is 16.7 Å². The predicted octanol–water partition coefficient (Wildman–Crippen LogP) is 1.14. The normalized spacial score (nSPS) is 23.4. The van der Waals surface area contributed by atoms with Crippen LogP contribution < -0.4 is 0 Å². The fourth-order valence-electron chi connectivity index (χ4n) is 4.10. The van der Waals surface area contributed by atoms with E-state index in [1.165, 1.54) is 16.7 Å². The lowest BCUT2D eigenvalue weighted by Gasteiger charge is -2.36. The number of carbonyl (C=O) groups excluding carboxylic acids is 1. The van der Waals surface area contributed by atoms with Crippen molar-refractivity contribution in [3.63, 3.8) is 0 Å². The number of H-pyrrole nitrogens is 1. The minimum absolute atomic E-state index is 0.180. The van der Waals surface area contributed by atoms with E-state index in [0.29, 0.717) is 25.6 Å². The fraction of sp³-hybridized carbons (Fsp3) is 0.778. The Labute approximate surface area is 161 Å². The Morgan fingerprint density at radius 2 is 2.04 bits per heavy atom. The molecule has 0 radical (unpaired) electrons. The molecule has 0 aliphatic carbocycles. The van der Waals surface area contributed by atoms with Crippen molar-refractivity contribution in [3.8, 4) is 0 Å². The third kappa shape index (κ3) is 4.89. The van der Waals surface area contributed by atoms with E-state index in [4.69, 9.17) is 0 Å². The fourth-order valence-corrected chi connectivity index (χ4v) is 5.56. The Bertz CT molecular complexity index is 713. The van der Waals surface area contributed by atoms with E-state index in [9.17, 15) is 13.2 Å². The number of sulfonamides is 1. The molecule has 0 bridgehead atoms. The largest absolute Gasteiger partial charge is 0.343 e. The molecule has 1 aromatic heterocycles. The number of hydrogen-bond acceptors (Lipinski definition) is 5. The molecule has 2 fully saturated rings. The van der Waals surface area contributed by atoms with Gasteiger partial charge in [-0.2, -0.15) is 9.40 Å². The van der Waals surface area contributed by atoms with Gasteiger partial charge in [-0.15, -0.1) is 0 Å². The van der Waals surface area contributed by atoms with Crippen LogP contribution >= 0.6 is 0 Å². The Balaban J connectivity index is 1.50. The molecule has 0 saturated carbocycles. The SMILES string of the molecule is CN1CCC(N(C)C(=O)CC[C@@H]2CCCN(S(=O)(=O)c3cn[nH]c3)C2)CC1. The minimum Gasteiger partial charge on any atom is -0.343 e. The lowest BCUT2D eigenvalue weighted by Crippen LogP contribution is -2.44. The van der Waals surface area contributed by atoms with Gasteiger partial charge in [0.05, 0.1) is 6.20 Å². The van der Waals surface area contributed by atoms with Crippen LogP contribution in [0.2, 0.25) is 0 Å². The first-order valence-corrected chi connectivity index (χ1v) is 11.2. The average molecular weight is 398 g/mol. The molecule has 9 heteroatoms. The highest BCUT2D eigenvalue weighted by Crippen LogP contribution is 2.26. The van der Waals surface area contributed by atoms with Gasteiger partial charge in [0.2, 0.25) is 15.9 Å². The molecule has 1 aromatic rings. The number of nitrogens with zero attached hydrogens (tertiary/aromatic N) is 4. The summed E-state index contributed by atoms with van der Waals surface area (Å²) in [6.45, 7) is 3.09. The number of aromatic amines is 1. The second-order valence-electron chi connectivity index (χ2n) is 7.88. The van der Waals surface area contributed by atoms with Gasteiger partial charge in [0.15, 0.2) is 0 Å². The maximum absolute atomic E-state index is 12.7. The van der Waals surface area contributed by atoms with Crippen molar-refractivity contribution in [3.05, 3.63) is 12.4 Å². The number of likely N-dealkylation sites (tertiary alicyclic amines) is 1. The summed E-state index contributed by atoms with van der Waals surface area (Å²) >= 11 is 0. The lowest BCUT2D eigenvalue weighted by molar-refractivity contribution is -0.133. The summed E-state index contributed by atoms with van der Waals surface area (Å²) in [5.41, 5.74) is 0. The Hall–Kier alpha value is -1.45. The van der Waals surface area contributed by atoms with Crippen LogP contribution in [0.5, 0.6) is 0 Å². The number of hydrogen-bond donors (Lipinski definition) is 1. The molecule has 8 nitrogen and oxygen atoms in total. The number of carbonyl (C=O) groups is 1. The van der Waals surface area contributed by atoms with Gasteiger partial charge in [-0.05, 0) is 58.2 Å². The Morgan fingerprint density at radius 1 is 1.30 bits per heavy atom. The third-order valence-corrected chi connectivity index (χ3v) is 7.82. The highest BCUT2D eigenvalue weighted by atomic mass is 32.2. The molecular formula is C18H31N5O3S. The summed E-state index contributed by atoms with van der Waals surface area (Å²) in [7, 11) is 0.538. The zero-order valence-corrected chi connectivity index (χ0v) is 17.1. The first-order chi connectivity index (χ1) is 12.9. The van der Waals surface area contributed by atoms with E-state index < -0.39 is 10.0 Å². The number of nitrogens with one attached hydrogen (secondary N) is 1. The van der Waals surface area contributed by atoms with Crippen molar-refractivity contribution >= 4 is 15.9 Å². The summed E-state index contributed by atoms with van der Waals surface area (Å²) in [6, 6.07) is 0.332. The smallest absolute Gasteiger partial charge is 0.246 e. The molecule has 0 spiro atoms. The van der Waals surface area contributed by atoms with Crippen molar-refractivity contribution in [1.82, 2.24) is 24.3 Å². The molecule has 0 aromatic carbocycles. The first-order valence-electron chi connectivity index (χ1n) is 9.81. The van der Waals surface area contributed by atoms with Crippen LogP contribution in [-0.2, 0) is 14.8 Å². The van der Waals surface area contributed by atoms with Crippen molar-refractivity contribution in [1.29, 1.82) is 0 Å². The molecule has 3 heterocycles. The molecule has 1 N–H and O–H groups in total. The van der Waals surface area contributed by atoms with Gasteiger partial charge in [-0.1, -0.05) is 0 Å². The molecule has 2 saturated heterocycles. The summed E-state index contributed by atoms with van der Waals surface area (Å²) < 4.78 is 26.9. The second kappa shape index (κ2) is 8.70. The monoisotopic (exact) mass is 397 g/mol. The van der Waals surface area contributed by atoms with Crippen LogP contribution in [0.1, 0.15) is 38.5 Å². The second-order valence-corrected chi connectivity index (χ2v) is 9.82. The van der Waals surface area contributed by atoms with Crippen LogP contribution in [-0.4, -0.2) is 84.9 Å². The molecule has 3 rings (SSSR count). The number of aromatic nitrogens is 2. The van der Waals surface area contributed by atoms with Crippen molar-refractivity contribution in [2.24, 2.45) is 5.92 Å². The topological polar surface area (TPSA) is 89.6 Å². The number of rotatable bonds is 6. The molecule has 1 amide bonds. The van der Waals surface area contributed by atoms with Crippen molar-refractivity contribution in [2.75, 3.05) is 40.3 Å². The Morgan fingerprint density at radius 3 is 2.70 bits per heavy atom. The summed E-state index contributed by atoms with van der Waals surface area (Å²) in [4.78, 5) is 17.0. The first kappa shape index (κ1) is 20.3. The molecule has 1 atom stereocenters. The summed E-state index contributed by atoms with van der Waals surface area (Å²) in [6.07, 6.45) is 7.86. The van der Waals surface area contributed by atoms with E-state index in [1.54, 1.807) is 0 Å². The molecule has 2 aliphatic heterocycles. The third-order valence-electron chi connectivity index (χ3n) is 5.99. The maximum atomic E-state index is 12.7. The van der Waals surface area contributed by atoms with Gasteiger partial charge in [-0.3, -0.25) is 9.89 Å². The van der Waals surface area contributed by atoms with E-state index >= 15 is 0 Å². The van der Waals surface area contributed by atoms with Crippen LogP contribution in [0.15, 0.2) is 17.3 Å². The summed E-state index contributed by atoms with van der Waals surface area (Å²) in [5.74, 6) is 0.412. The lowest BCUT2D eigenvalue weighted by atomic mass is 9.94. The Kier molecular flexibility index (Phi) is 6.54. The predicted molar refractivity (Wildman–Crippen MR) is 103 cm³/mol. The minimum atomic E-state index is -3.49. The van der Waals surface area contributed by atoms with Crippen LogP contribution in [0.25, 0.3) is 0 Å². The zero-order valence-electron chi connectivity index (χ0n) is 16.3. The molecular weight excluding hydrogens is 366 g/mol. The molecule has 0 unspecified atom stereocenters. The zero-order chi connectivity index (χ0) is 19.4.